The molecule has 1 N–H and O–H groups in total. The summed E-state index contributed by atoms with van der Waals surface area (Å²) >= 11 is 0. The van der Waals surface area contributed by atoms with Gasteiger partial charge in [0.25, 0.3) is 0 Å². The van der Waals surface area contributed by atoms with Crippen molar-refractivity contribution >= 4 is 23.8 Å². The van der Waals surface area contributed by atoms with Crippen LogP contribution in [0.1, 0.15) is 63.8 Å². The maximum Gasteiger partial charge on any atom is 0.124 e. The lowest BCUT2D eigenvalue weighted by molar-refractivity contribution is 0.473. The Labute approximate surface area is 186 Å². The zero-order valence-electron chi connectivity index (χ0n) is 19.3. The van der Waals surface area contributed by atoms with Crippen molar-refractivity contribution in [2.24, 2.45) is 9.98 Å². The Balaban J connectivity index is 1.89. The third kappa shape index (κ3) is 5.91. The van der Waals surface area contributed by atoms with Crippen molar-refractivity contribution in [3.05, 3.63) is 89.0 Å². The number of phenolic OH excluding ortho intramolecular Hbond substituents is 1. The van der Waals surface area contributed by atoms with Crippen LogP contribution in [-0.4, -0.2) is 17.5 Å². The third-order valence-corrected chi connectivity index (χ3v) is 5.22. The first kappa shape index (κ1) is 22.5. The molecule has 31 heavy (non-hydrogen) atoms. The first-order valence-corrected chi connectivity index (χ1v) is 10.7. The van der Waals surface area contributed by atoms with Crippen LogP contribution in [0.15, 0.2) is 76.7 Å². The number of aromatic hydroxyl groups is 1. The van der Waals surface area contributed by atoms with Gasteiger partial charge in [0, 0.05) is 18.0 Å². The lowest BCUT2D eigenvalue weighted by Crippen LogP contribution is -2.11. The van der Waals surface area contributed by atoms with Crippen molar-refractivity contribution in [2.75, 3.05) is 0 Å². The molecular formula is C28H32N2O. The number of hydrogen-bond acceptors (Lipinski definition) is 3. The Kier molecular flexibility index (Phi) is 6.45. The van der Waals surface area contributed by atoms with Crippen molar-refractivity contribution in [3.63, 3.8) is 0 Å². The number of nitrogens with zero attached hydrogens (tertiary/aromatic N) is 2. The minimum Gasteiger partial charge on any atom is -0.507 e. The summed E-state index contributed by atoms with van der Waals surface area (Å²) < 4.78 is 0. The Bertz CT molecular complexity index is 1110. The summed E-state index contributed by atoms with van der Waals surface area (Å²) in [5.74, 6) is 0.219. The van der Waals surface area contributed by atoms with Gasteiger partial charge >= 0.3 is 0 Å². The zero-order valence-corrected chi connectivity index (χ0v) is 19.3. The van der Waals surface area contributed by atoms with Crippen molar-refractivity contribution in [1.29, 1.82) is 0 Å². The summed E-state index contributed by atoms with van der Waals surface area (Å²) in [7, 11) is 0. The van der Waals surface area contributed by atoms with Gasteiger partial charge in [-0.1, -0.05) is 77.9 Å². The molecule has 0 aliphatic heterocycles. The molecule has 3 aromatic rings. The van der Waals surface area contributed by atoms with Crippen molar-refractivity contribution in [2.45, 2.75) is 52.4 Å². The molecular weight excluding hydrogens is 380 g/mol. The Morgan fingerprint density at radius 3 is 1.84 bits per heavy atom. The van der Waals surface area contributed by atoms with Crippen molar-refractivity contribution in [1.82, 2.24) is 0 Å². The van der Waals surface area contributed by atoms with E-state index >= 15 is 0 Å². The number of rotatable bonds is 4. The van der Waals surface area contributed by atoms with Crippen LogP contribution in [-0.2, 0) is 10.8 Å². The van der Waals surface area contributed by atoms with E-state index in [1.54, 1.807) is 12.3 Å². The zero-order chi connectivity index (χ0) is 22.6. The van der Waals surface area contributed by atoms with Gasteiger partial charge in [-0.3, -0.25) is 9.98 Å². The number of hydrogen-bond donors (Lipinski definition) is 1. The Hall–Kier alpha value is -3.20. The number of benzene rings is 3. The summed E-state index contributed by atoms with van der Waals surface area (Å²) in [6.45, 7) is 13.1. The van der Waals surface area contributed by atoms with Crippen LogP contribution in [0.25, 0.3) is 0 Å². The van der Waals surface area contributed by atoms with Crippen LogP contribution in [0.3, 0.4) is 0 Å². The van der Waals surface area contributed by atoms with Gasteiger partial charge in [-0.05, 0) is 57.9 Å². The molecule has 0 bridgehead atoms. The highest BCUT2D eigenvalue weighted by Gasteiger charge is 2.15. The molecule has 3 nitrogen and oxygen atoms in total. The molecule has 160 valence electrons. The average Bonchev–Trinajstić information content (AvgIpc) is 2.71. The fraction of sp³-hybridized carbons (Fsp3) is 0.286. The van der Waals surface area contributed by atoms with Gasteiger partial charge in [0.15, 0.2) is 0 Å². The van der Waals surface area contributed by atoms with Gasteiger partial charge in [0.05, 0.1) is 11.4 Å². The molecule has 0 heterocycles. The second-order valence-corrected chi connectivity index (χ2v) is 9.90. The lowest BCUT2D eigenvalue weighted by Gasteiger charge is -2.19. The van der Waals surface area contributed by atoms with Crippen molar-refractivity contribution in [3.8, 4) is 5.75 Å². The summed E-state index contributed by atoms with van der Waals surface area (Å²) in [4.78, 5) is 9.32. The van der Waals surface area contributed by atoms with Gasteiger partial charge < -0.3 is 5.11 Å². The fourth-order valence-corrected chi connectivity index (χ4v) is 3.18. The molecule has 0 unspecified atom stereocenters. The van der Waals surface area contributed by atoms with Gasteiger partial charge in [0.1, 0.15) is 5.75 Å². The molecule has 0 spiro atoms. The maximum atomic E-state index is 10.3. The van der Waals surface area contributed by atoms with E-state index in [0.717, 1.165) is 22.5 Å². The van der Waals surface area contributed by atoms with Crippen LogP contribution in [0.4, 0.5) is 11.4 Å². The molecule has 0 radical (unpaired) electrons. The van der Waals surface area contributed by atoms with Gasteiger partial charge in [-0.2, -0.15) is 0 Å². The highest BCUT2D eigenvalue weighted by atomic mass is 16.3. The highest BCUT2D eigenvalue weighted by molar-refractivity contribution is 5.88. The van der Waals surface area contributed by atoms with E-state index in [4.69, 9.17) is 0 Å². The van der Waals surface area contributed by atoms with Crippen LogP contribution in [0.2, 0.25) is 0 Å². The Morgan fingerprint density at radius 1 is 0.645 bits per heavy atom. The molecule has 0 saturated carbocycles. The van der Waals surface area contributed by atoms with E-state index in [2.05, 4.69) is 75.8 Å². The third-order valence-electron chi connectivity index (χ3n) is 5.22. The fourth-order valence-electron chi connectivity index (χ4n) is 3.18. The predicted molar refractivity (Wildman–Crippen MR) is 133 cm³/mol. The molecule has 0 atom stereocenters. The van der Waals surface area contributed by atoms with E-state index < -0.39 is 0 Å². The summed E-state index contributed by atoms with van der Waals surface area (Å²) in [6.07, 6.45) is 3.58. The topological polar surface area (TPSA) is 45.0 Å². The molecule has 3 aromatic carbocycles. The lowest BCUT2D eigenvalue weighted by atomic mass is 9.86. The maximum absolute atomic E-state index is 10.3. The molecule has 0 amide bonds. The van der Waals surface area contributed by atoms with E-state index in [1.165, 1.54) is 5.56 Å². The monoisotopic (exact) mass is 412 g/mol. The summed E-state index contributed by atoms with van der Waals surface area (Å²) in [6, 6.07) is 21.9. The smallest absolute Gasteiger partial charge is 0.124 e. The predicted octanol–water partition coefficient (Wildman–Crippen LogP) is 7.49. The first-order valence-electron chi connectivity index (χ1n) is 10.7. The number of phenols is 1. The van der Waals surface area contributed by atoms with Crippen LogP contribution in [0, 0.1) is 0 Å². The van der Waals surface area contributed by atoms with Crippen molar-refractivity contribution < 1.29 is 5.11 Å². The molecule has 3 heteroatoms. The quantitative estimate of drug-likeness (QED) is 0.443. The van der Waals surface area contributed by atoms with E-state index in [-0.39, 0.29) is 16.6 Å². The van der Waals surface area contributed by atoms with E-state index in [9.17, 15) is 5.11 Å². The van der Waals surface area contributed by atoms with Crippen LogP contribution in [0.5, 0.6) is 5.75 Å². The SMILES string of the molecule is CC(C)(C)c1cccc(C=Nc2ccccc2N=Cc2cc(C(C)(C)C)ccc2O)c1. The minimum absolute atomic E-state index is 0.0000817. The summed E-state index contributed by atoms with van der Waals surface area (Å²) in [5, 5.41) is 10.3. The van der Waals surface area contributed by atoms with Gasteiger partial charge in [-0.15, -0.1) is 0 Å². The molecule has 0 saturated heterocycles. The second kappa shape index (κ2) is 8.89. The summed E-state index contributed by atoms with van der Waals surface area (Å²) in [5.41, 5.74) is 5.81. The van der Waals surface area contributed by atoms with E-state index in [0.29, 0.717) is 5.56 Å². The van der Waals surface area contributed by atoms with Crippen LogP contribution < -0.4 is 0 Å². The highest BCUT2D eigenvalue weighted by Crippen LogP contribution is 2.30. The van der Waals surface area contributed by atoms with Gasteiger partial charge in [0.2, 0.25) is 0 Å². The molecule has 0 fully saturated rings. The standard InChI is InChI=1S/C28H32N2O/c1-27(2,3)22-11-9-10-20(16-22)18-29-24-12-7-8-13-25(24)30-19-21-17-23(28(4,5)6)14-15-26(21)31/h7-19,31H,1-6H3. The number of aliphatic imine (C=N–C) groups is 2. The second-order valence-electron chi connectivity index (χ2n) is 9.90. The largest absolute Gasteiger partial charge is 0.507 e. The minimum atomic E-state index is 0.0000817. The molecule has 3 rings (SSSR count). The number of para-hydroxylation sites is 2. The van der Waals surface area contributed by atoms with Gasteiger partial charge in [-0.25, -0.2) is 0 Å². The first-order chi connectivity index (χ1) is 14.5. The molecule has 0 aliphatic rings. The molecule has 0 aromatic heterocycles. The van der Waals surface area contributed by atoms with Crippen LogP contribution >= 0.6 is 0 Å². The Morgan fingerprint density at radius 2 is 1.23 bits per heavy atom. The molecule has 0 aliphatic carbocycles. The normalized spacial score (nSPS) is 12.7. The van der Waals surface area contributed by atoms with E-state index in [1.807, 2.05) is 42.6 Å². The average molecular weight is 413 g/mol.